The highest BCUT2D eigenvalue weighted by atomic mass is 35.5. The molecule has 0 unspecified atom stereocenters. The molecule has 0 fully saturated rings. The maximum atomic E-state index is 12.5. The number of hydrogen-bond donors (Lipinski definition) is 3. The molecule has 0 radical (unpaired) electrons. The van der Waals surface area contributed by atoms with Gasteiger partial charge in [0.1, 0.15) is 10.8 Å². The molecule has 0 aliphatic heterocycles. The highest BCUT2D eigenvalue weighted by Crippen LogP contribution is 2.38. The van der Waals surface area contributed by atoms with Gasteiger partial charge in [-0.15, -0.1) is 11.3 Å². The van der Waals surface area contributed by atoms with Gasteiger partial charge >= 0.3 is 0 Å². The van der Waals surface area contributed by atoms with E-state index in [1.807, 2.05) is 0 Å². The molecule has 4 rings (SSSR count). The number of aryl methyl sites for hydroxylation is 1. The van der Waals surface area contributed by atoms with E-state index in [9.17, 15) is 9.59 Å². The summed E-state index contributed by atoms with van der Waals surface area (Å²) >= 11 is 18.6. The Balaban J connectivity index is 1.46. The van der Waals surface area contributed by atoms with Crippen LogP contribution in [-0.4, -0.2) is 16.9 Å². The molecule has 2 heterocycles. The molecule has 0 saturated carbocycles. The Bertz CT molecular complexity index is 1190. The number of carbonyl (C=O) groups excluding carboxylic acids is 2. The minimum absolute atomic E-state index is 0.0508. The van der Waals surface area contributed by atoms with Gasteiger partial charge in [0.25, 0.3) is 11.8 Å². The van der Waals surface area contributed by atoms with Gasteiger partial charge in [0.05, 0.1) is 15.6 Å². The number of benzene rings is 1. The van der Waals surface area contributed by atoms with E-state index >= 15 is 0 Å². The number of amides is 2. The van der Waals surface area contributed by atoms with Gasteiger partial charge in [0.2, 0.25) is 0 Å². The minimum atomic E-state index is -0.525. The number of nitrogens with two attached hydrogens (primary N) is 1. The van der Waals surface area contributed by atoms with Crippen molar-refractivity contribution in [3.63, 3.8) is 0 Å². The highest BCUT2D eigenvalue weighted by molar-refractivity contribution is 7.80. The number of thiophene rings is 1. The average Bonchev–Trinajstić information content (AvgIpc) is 3.39. The van der Waals surface area contributed by atoms with E-state index < -0.39 is 11.8 Å². The van der Waals surface area contributed by atoms with Crippen LogP contribution in [0, 0.1) is 0 Å². The smallest absolute Gasteiger partial charge is 0.293 e. The predicted octanol–water partition coefficient (Wildman–Crippen LogP) is 5.03. The molecular weight excluding hydrogens is 465 g/mol. The third kappa shape index (κ3) is 4.09. The first-order valence-electron chi connectivity index (χ1n) is 8.95. The lowest BCUT2D eigenvalue weighted by Crippen LogP contribution is -2.34. The summed E-state index contributed by atoms with van der Waals surface area (Å²) in [5.41, 5.74) is 7.65. The Morgan fingerprint density at radius 1 is 1.13 bits per heavy atom. The van der Waals surface area contributed by atoms with Gasteiger partial charge < -0.3 is 15.5 Å². The molecule has 1 aliphatic carbocycles. The van der Waals surface area contributed by atoms with E-state index in [-0.39, 0.29) is 10.9 Å². The molecule has 0 bridgehead atoms. The van der Waals surface area contributed by atoms with E-state index in [1.54, 1.807) is 24.3 Å². The number of furan rings is 1. The lowest BCUT2D eigenvalue weighted by atomic mass is 10.1. The van der Waals surface area contributed by atoms with Crippen molar-refractivity contribution in [1.29, 1.82) is 0 Å². The predicted molar refractivity (Wildman–Crippen MR) is 123 cm³/mol. The fraction of sp³-hybridized carbons (Fsp3) is 0.150. The summed E-state index contributed by atoms with van der Waals surface area (Å²) in [5, 5.41) is 6.89. The number of fused-ring (bicyclic) bond motifs is 1. The van der Waals surface area contributed by atoms with E-state index in [2.05, 4.69) is 10.6 Å². The molecule has 2 aromatic heterocycles. The number of nitrogens with one attached hydrogen (secondary N) is 2. The second kappa shape index (κ2) is 8.39. The van der Waals surface area contributed by atoms with Crippen molar-refractivity contribution in [2.75, 3.05) is 5.32 Å². The van der Waals surface area contributed by atoms with Gasteiger partial charge in [-0.1, -0.05) is 23.2 Å². The molecule has 4 N–H and O–H groups in total. The zero-order valence-electron chi connectivity index (χ0n) is 15.4. The van der Waals surface area contributed by atoms with E-state index in [0.717, 1.165) is 29.7 Å². The SMILES string of the molecule is NC(=O)c1c(NC(=S)NC(=O)c2ccc(-c3ccc(Cl)c(Cl)c3)o2)sc2c1CCC2. The standard InChI is InChI=1S/C20H15Cl2N3O3S2/c21-11-5-4-9(8-12(11)22)13-6-7-14(28-13)18(27)24-20(29)25-19-16(17(23)26)10-2-1-3-15(10)30-19/h4-8H,1-3H2,(H2,23,26)(H2,24,25,27,29). The van der Waals surface area contributed by atoms with Crippen molar-refractivity contribution in [3.8, 4) is 11.3 Å². The Morgan fingerprint density at radius 2 is 1.93 bits per heavy atom. The first-order valence-corrected chi connectivity index (χ1v) is 10.9. The van der Waals surface area contributed by atoms with Crippen molar-refractivity contribution < 1.29 is 14.0 Å². The van der Waals surface area contributed by atoms with Gasteiger partial charge in [-0.25, -0.2) is 0 Å². The first-order chi connectivity index (χ1) is 14.3. The summed E-state index contributed by atoms with van der Waals surface area (Å²) in [5.74, 6) is -0.501. The van der Waals surface area contributed by atoms with Crippen LogP contribution >= 0.6 is 46.8 Å². The highest BCUT2D eigenvalue weighted by Gasteiger charge is 2.26. The van der Waals surface area contributed by atoms with Gasteiger partial charge in [0.15, 0.2) is 10.9 Å². The summed E-state index contributed by atoms with van der Waals surface area (Å²) in [6.07, 6.45) is 2.72. The van der Waals surface area contributed by atoms with Gasteiger partial charge in [-0.2, -0.15) is 0 Å². The Morgan fingerprint density at radius 3 is 2.67 bits per heavy atom. The maximum Gasteiger partial charge on any atom is 0.293 e. The number of thiocarbonyl (C=S) groups is 1. The van der Waals surface area contributed by atoms with Gasteiger partial charge in [0, 0.05) is 10.4 Å². The van der Waals surface area contributed by atoms with Gasteiger partial charge in [-0.05, 0) is 67.4 Å². The Kier molecular flexibility index (Phi) is 5.84. The first kappa shape index (κ1) is 20.9. The largest absolute Gasteiger partial charge is 0.451 e. The molecule has 1 aromatic carbocycles. The molecular formula is C20H15Cl2N3O3S2. The van der Waals surface area contributed by atoms with Crippen LogP contribution in [0.4, 0.5) is 5.00 Å². The van der Waals surface area contributed by atoms with E-state index in [4.69, 9.17) is 45.6 Å². The third-order valence-corrected chi connectivity index (χ3v) is 6.81. The van der Waals surface area contributed by atoms with Gasteiger partial charge in [-0.3, -0.25) is 14.9 Å². The number of hydrogen-bond acceptors (Lipinski definition) is 5. The van der Waals surface area contributed by atoms with Crippen LogP contribution in [0.1, 0.15) is 37.8 Å². The lowest BCUT2D eigenvalue weighted by Gasteiger charge is -2.09. The molecule has 1 aliphatic rings. The van der Waals surface area contributed by atoms with E-state index in [0.29, 0.717) is 31.9 Å². The molecule has 10 heteroatoms. The number of halogens is 2. The van der Waals surface area contributed by atoms with Crippen LogP contribution in [0.15, 0.2) is 34.7 Å². The topological polar surface area (TPSA) is 97.4 Å². The monoisotopic (exact) mass is 479 g/mol. The third-order valence-electron chi connectivity index (χ3n) is 4.66. The van der Waals surface area contributed by atoms with Crippen molar-refractivity contribution >= 4 is 68.7 Å². The number of rotatable bonds is 4. The number of primary amides is 1. The quantitative estimate of drug-likeness (QED) is 0.455. The summed E-state index contributed by atoms with van der Waals surface area (Å²) in [4.78, 5) is 25.5. The van der Waals surface area contributed by atoms with Crippen molar-refractivity contribution in [3.05, 3.63) is 62.1 Å². The van der Waals surface area contributed by atoms with Crippen LogP contribution in [0.25, 0.3) is 11.3 Å². The van der Waals surface area contributed by atoms with Crippen molar-refractivity contribution in [2.45, 2.75) is 19.3 Å². The minimum Gasteiger partial charge on any atom is -0.451 e. The van der Waals surface area contributed by atoms with Crippen LogP contribution in [0.5, 0.6) is 0 Å². The van der Waals surface area contributed by atoms with Crippen LogP contribution in [0.3, 0.4) is 0 Å². The molecule has 6 nitrogen and oxygen atoms in total. The molecule has 154 valence electrons. The molecule has 2 amide bonds. The van der Waals surface area contributed by atoms with Crippen molar-refractivity contribution in [2.24, 2.45) is 5.73 Å². The summed E-state index contributed by atoms with van der Waals surface area (Å²) < 4.78 is 5.62. The molecule has 0 saturated heterocycles. The molecule has 30 heavy (non-hydrogen) atoms. The normalized spacial score (nSPS) is 12.5. The Labute approximate surface area is 191 Å². The fourth-order valence-electron chi connectivity index (χ4n) is 3.32. The molecule has 0 spiro atoms. The number of carbonyl (C=O) groups is 2. The second-order valence-corrected chi connectivity index (χ2v) is 8.95. The van der Waals surface area contributed by atoms with Crippen LogP contribution < -0.4 is 16.4 Å². The molecule has 3 aromatic rings. The fourth-order valence-corrected chi connectivity index (χ4v) is 5.17. The summed E-state index contributed by atoms with van der Waals surface area (Å²) in [6, 6.07) is 8.22. The van der Waals surface area contributed by atoms with Crippen LogP contribution in [0.2, 0.25) is 10.0 Å². The maximum absolute atomic E-state index is 12.5. The van der Waals surface area contributed by atoms with Crippen LogP contribution in [-0.2, 0) is 12.8 Å². The lowest BCUT2D eigenvalue weighted by molar-refractivity contribution is 0.0950. The second-order valence-electron chi connectivity index (χ2n) is 6.63. The van der Waals surface area contributed by atoms with E-state index in [1.165, 1.54) is 17.4 Å². The molecule has 0 atom stereocenters. The number of anilines is 1. The van der Waals surface area contributed by atoms with Crippen molar-refractivity contribution in [1.82, 2.24) is 5.32 Å². The Hall–Kier alpha value is -2.39. The summed E-state index contributed by atoms with van der Waals surface area (Å²) in [6.45, 7) is 0. The average molecular weight is 480 g/mol. The summed E-state index contributed by atoms with van der Waals surface area (Å²) in [7, 11) is 0. The zero-order chi connectivity index (χ0) is 21.4. The zero-order valence-corrected chi connectivity index (χ0v) is 18.5.